The van der Waals surface area contributed by atoms with Gasteiger partial charge in [0.2, 0.25) is 5.88 Å². The summed E-state index contributed by atoms with van der Waals surface area (Å²) in [5.74, 6) is -0.481. The number of nitrogens with one attached hydrogen (secondary N) is 1. The van der Waals surface area contributed by atoms with E-state index in [-0.39, 0.29) is 23.2 Å². The van der Waals surface area contributed by atoms with E-state index in [1.54, 1.807) is 28.0 Å². The summed E-state index contributed by atoms with van der Waals surface area (Å²) >= 11 is 0. The van der Waals surface area contributed by atoms with E-state index < -0.39 is 21.4 Å². The van der Waals surface area contributed by atoms with Gasteiger partial charge in [-0.2, -0.15) is 0 Å². The third kappa shape index (κ3) is 5.23. The lowest BCUT2D eigenvalue weighted by atomic mass is 9.85. The normalized spacial score (nSPS) is 11.9. The molecule has 2 aromatic carbocycles. The van der Waals surface area contributed by atoms with Gasteiger partial charge in [0.1, 0.15) is 12.4 Å². The molecule has 0 radical (unpaired) electrons. The molecule has 1 heterocycles. The number of ether oxygens (including phenoxy) is 2. The van der Waals surface area contributed by atoms with Crippen LogP contribution in [0.5, 0.6) is 5.88 Å². The first-order valence-electron chi connectivity index (χ1n) is 10.6. The number of carbonyl (C=O) groups is 1. The fourth-order valence-corrected chi connectivity index (χ4v) is 4.38. The Morgan fingerprint density at radius 1 is 1.09 bits per heavy atom. The molecule has 0 aliphatic carbocycles. The van der Waals surface area contributed by atoms with Crippen LogP contribution >= 0.6 is 0 Å². The highest BCUT2D eigenvalue weighted by atomic mass is 32.2. The smallest absolute Gasteiger partial charge is 0.313 e. The van der Waals surface area contributed by atoms with Crippen LogP contribution in [0.1, 0.15) is 25.0 Å². The van der Waals surface area contributed by atoms with Crippen LogP contribution in [0, 0.1) is 6.92 Å². The van der Waals surface area contributed by atoms with Crippen molar-refractivity contribution in [3.8, 4) is 17.0 Å². The number of nitrogens with zero attached hydrogens (tertiary/aromatic N) is 2. The van der Waals surface area contributed by atoms with E-state index >= 15 is 0 Å². The number of methoxy groups -OCH3 is 1. The largest absolute Gasteiger partial charge is 0.481 e. The Labute approximate surface area is 199 Å². The monoisotopic (exact) mass is 487 g/mol. The maximum atomic E-state index is 13.2. The molecule has 0 fully saturated rings. The molecule has 9 nitrogen and oxygen atoms in total. The zero-order valence-electron chi connectivity index (χ0n) is 19.8. The van der Waals surface area contributed by atoms with Gasteiger partial charge in [-0.05, 0) is 44.0 Å². The molecule has 0 unspecified atom stereocenters. The van der Waals surface area contributed by atoms with Gasteiger partial charge in [0.15, 0.2) is 0 Å². The van der Waals surface area contributed by atoms with Crippen molar-refractivity contribution in [2.24, 2.45) is 7.05 Å². The Morgan fingerprint density at radius 3 is 2.26 bits per heavy atom. The van der Waals surface area contributed by atoms with Crippen molar-refractivity contribution in [2.75, 3.05) is 25.0 Å². The zero-order chi connectivity index (χ0) is 25.1. The minimum atomic E-state index is -4.01. The predicted molar refractivity (Wildman–Crippen MR) is 129 cm³/mol. The lowest BCUT2D eigenvalue weighted by molar-refractivity contribution is -0.142. The molecule has 0 amide bonds. The number of anilines is 1. The van der Waals surface area contributed by atoms with Crippen molar-refractivity contribution in [1.82, 2.24) is 9.78 Å². The molecule has 0 aliphatic rings. The van der Waals surface area contributed by atoms with Crippen LogP contribution < -0.4 is 9.46 Å². The summed E-state index contributed by atoms with van der Waals surface area (Å²) in [7, 11) is -0.825. The van der Waals surface area contributed by atoms with E-state index in [1.165, 1.54) is 28.9 Å². The van der Waals surface area contributed by atoms with Crippen molar-refractivity contribution in [3.05, 3.63) is 59.7 Å². The second-order valence-electron chi connectivity index (χ2n) is 8.42. The first-order valence-corrected chi connectivity index (χ1v) is 12.1. The van der Waals surface area contributed by atoms with Crippen molar-refractivity contribution < 1.29 is 27.8 Å². The minimum absolute atomic E-state index is 0.00431. The average Bonchev–Trinajstić information content (AvgIpc) is 3.09. The molecule has 10 heteroatoms. The summed E-state index contributed by atoms with van der Waals surface area (Å²) in [6.07, 6.45) is 0. The summed E-state index contributed by atoms with van der Waals surface area (Å²) in [6.45, 7) is 5.68. The fraction of sp³-hybridized carbons (Fsp3) is 0.333. The second kappa shape index (κ2) is 9.86. The highest BCUT2D eigenvalue weighted by Gasteiger charge is 2.30. The van der Waals surface area contributed by atoms with E-state index in [0.29, 0.717) is 17.7 Å². The first kappa shape index (κ1) is 25.3. The van der Waals surface area contributed by atoms with Crippen molar-refractivity contribution >= 4 is 21.8 Å². The molecule has 182 valence electrons. The number of rotatable bonds is 10. The number of sulfonamides is 1. The second-order valence-corrected chi connectivity index (χ2v) is 10.1. The van der Waals surface area contributed by atoms with Crippen LogP contribution in [-0.4, -0.2) is 49.6 Å². The molecular weight excluding hydrogens is 458 g/mol. The lowest BCUT2D eigenvalue weighted by Gasteiger charge is -2.20. The lowest BCUT2D eigenvalue weighted by Crippen LogP contribution is -2.28. The van der Waals surface area contributed by atoms with Crippen LogP contribution in [0.2, 0.25) is 0 Å². The molecule has 0 spiro atoms. The Kier molecular flexibility index (Phi) is 7.32. The van der Waals surface area contributed by atoms with Gasteiger partial charge in [-0.1, -0.05) is 42.0 Å². The van der Waals surface area contributed by atoms with E-state index in [2.05, 4.69) is 9.82 Å². The summed E-state index contributed by atoms with van der Waals surface area (Å²) in [6, 6.07) is 13.4. The van der Waals surface area contributed by atoms with Gasteiger partial charge in [-0.15, -0.1) is 5.10 Å². The van der Waals surface area contributed by atoms with E-state index in [0.717, 1.165) is 11.1 Å². The molecule has 1 aromatic heterocycles. The Balaban J connectivity index is 2.00. The van der Waals surface area contributed by atoms with Gasteiger partial charge in [0.05, 0.1) is 22.5 Å². The van der Waals surface area contributed by atoms with Crippen LogP contribution in [0.4, 0.5) is 5.82 Å². The van der Waals surface area contributed by atoms with Gasteiger partial charge in [0, 0.05) is 14.2 Å². The van der Waals surface area contributed by atoms with Crippen LogP contribution in [0.15, 0.2) is 53.4 Å². The zero-order valence-corrected chi connectivity index (χ0v) is 20.6. The number of carboxylic acids is 1. The highest BCUT2D eigenvalue weighted by molar-refractivity contribution is 7.92. The molecule has 0 aliphatic heterocycles. The Bertz CT molecular complexity index is 1260. The number of benzene rings is 2. The number of hydrogen-bond donors (Lipinski definition) is 2. The fourth-order valence-electron chi connectivity index (χ4n) is 3.28. The van der Waals surface area contributed by atoms with Gasteiger partial charge < -0.3 is 14.6 Å². The number of hydrogen-bond acceptors (Lipinski definition) is 6. The van der Waals surface area contributed by atoms with Gasteiger partial charge in [0.25, 0.3) is 10.0 Å². The molecule has 0 atom stereocenters. The molecule has 0 saturated carbocycles. The minimum Gasteiger partial charge on any atom is -0.481 e. The quantitative estimate of drug-likeness (QED) is 0.419. The molecule has 3 aromatic rings. The highest BCUT2D eigenvalue weighted by Crippen LogP contribution is 2.37. The van der Waals surface area contributed by atoms with E-state index in [1.807, 2.05) is 31.2 Å². The molecule has 0 bridgehead atoms. The Morgan fingerprint density at radius 2 is 1.71 bits per heavy atom. The van der Waals surface area contributed by atoms with Crippen molar-refractivity contribution in [3.63, 3.8) is 0 Å². The van der Waals surface area contributed by atoms with Gasteiger partial charge >= 0.3 is 5.97 Å². The van der Waals surface area contributed by atoms with Crippen LogP contribution in [0.25, 0.3) is 11.1 Å². The molecule has 3 rings (SSSR count). The SMILES string of the molecule is COCCOc1nn(C)c(NS(=O)(=O)c2ccc(C(C)(C)C(=O)O)cc2)c1-c1ccc(C)cc1. The van der Waals surface area contributed by atoms with E-state index in [4.69, 9.17) is 9.47 Å². The number of carboxylic acid groups (broad SMARTS) is 1. The number of aromatic nitrogens is 2. The first-order chi connectivity index (χ1) is 16.0. The molecule has 0 saturated heterocycles. The molecular formula is C24H29N3O6S. The summed E-state index contributed by atoms with van der Waals surface area (Å²) in [5, 5.41) is 13.8. The van der Waals surface area contributed by atoms with Crippen molar-refractivity contribution in [1.29, 1.82) is 0 Å². The third-order valence-corrected chi connectivity index (χ3v) is 6.89. The standard InChI is InChI=1S/C24H29N3O6S/c1-16-6-8-17(9-7-16)20-21(27(4)25-22(20)33-15-14-32-5)26-34(30,31)19-12-10-18(11-13-19)24(2,3)23(28)29/h6-13,26H,14-15H2,1-5H3,(H,28,29). The topological polar surface area (TPSA) is 120 Å². The Hall–Kier alpha value is -3.37. The summed E-state index contributed by atoms with van der Waals surface area (Å²) in [4.78, 5) is 11.5. The van der Waals surface area contributed by atoms with Gasteiger partial charge in [-0.25, -0.2) is 13.1 Å². The number of aliphatic carboxylic acids is 1. The molecule has 34 heavy (non-hydrogen) atoms. The maximum absolute atomic E-state index is 13.2. The summed E-state index contributed by atoms with van der Waals surface area (Å²) in [5.41, 5.74) is 1.65. The summed E-state index contributed by atoms with van der Waals surface area (Å²) < 4.78 is 41.3. The predicted octanol–water partition coefficient (Wildman–Crippen LogP) is 3.58. The maximum Gasteiger partial charge on any atom is 0.313 e. The number of aryl methyl sites for hydroxylation is 2. The van der Waals surface area contributed by atoms with Crippen LogP contribution in [0.3, 0.4) is 0 Å². The van der Waals surface area contributed by atoms with Crippen LogP contribution in [-0.2, 0) is 32.0 Å². The van der Waals surface area contributed by atoms with Gasteiger partial charge in [-0.3, -0.25) is 9.52 Å². The van der Waals surface area contributed by atoms with Crippen molar-refractivity contribution in [2.45, 2.75) is 31.1 Å². The van der Waals surface area contributed by atoms with E-state index in [9.17, 15) is 18.3 Å². The average molecular weight is 488 g/mol. The molecule has 2 N–H and O–H groups in total. The third-order valence-electron chi connectivity index (χ3n) is 5.53.